The summed E-state index contributed by atoms with van der Waals surface area (Å²) in [5, 5.41) is 15.3. The molecule has 1 heterocycles. The topological polar surface area (TPSA) is 117 Å². The zero-order valence-electron chi connectivity index (χ0n) is 9.06. The van der Waals surface area contributed by atoms with Gasteiger partial charge in [0, 0.05) is 25.4 Å². The van der Waals surface area contributed by atoms with Crippen molar-refractivity contribution in [2.24, 2.45) is 10.8 Å². The Morgan fingerprint density at radius 1 is 1.69 bits per heavy atom. The second kappa shape index (κ2) is 5.57. The molecule has 0 saturated heterocycles. The highest BCUT2D eigenvalue weighted by Crippen LogP contribution is 1.99. The lowest BCUT2D eigenvalue weighted by molar-refractivity contribution is -0.121. The van der Waals surface area contributed by atoms with E-state index in [4.69, 9.17) is 10.8 Å². The molecular formula is C9H16N4O3. The first kappa shape index (κ1) is 12.6. The van der Waals surface area contributed by atoms with Crippen LogP contribution in [0.2, 0.25) is 0 Å². The molecule has 0 bridgehead atoms. The number of hydrogen-bond acceptors (Lipinski definition) is 5. The maximum atomic E-state index is 11.5. The van der Waals surface area contributed by atoms with Gasteiger partial charge >= 0.3 is 0 Å². The van der Waals surface area contributed by atoms with Crippen LogP contribution in [0.25, 0.3) is 0 Å². The number of hydrazone groups is 1. The molecule has 2 atom stereocenters. The standard InChI is InChI=1S/C9H16N4O3/c1-5(14)6(10)4-11-9(16)7-2-3-8(15)13-12-7/h5-6,14H,2-4,10H2,1H3,(H,11,16)(H,13,15). The van der Waals surface area contributed by atoms with Crippen LogP contribution in [-0.2, 0) is 9.59 Å². The molecular weight excluding hydrogens is 212 g/mol. The number of aliphatic hydroxyl groups excluding tert-OH is 1. The van der Waals surface area contributed by atoms with Gasteiger partial charge in [-0.05, 0) is 6.92 Å². The van der Waals surface area contributed by atoms with Gasteiger partial charge < -0.3 is 16.2 Å². The number of nitrogens with one attached hydrogen (secondary N) is 2. The lowest BCUT2D eigenvalue weighted by Gasteiger charge is -2.16. The Labute approximate surface area is 93.1 Å². The number of nitrogens with zero attached hydrogens (tertiary/aromatic N) is 1. The first-order valence-electron chi connectivity index (χ1n) is 5.08. The van der Waals surface area contributed by atoms with Gasteiger partial charge in [0.05, 0.1) is 6.10 Å². The van der Waals surface area contributed by atoms with Gasteiger partial charge in [0.15, 0.2) is 0 Å². The summed E-state index contributed by atoms with van der Waals surface area (Å²) in [5.41, 5.74) is 8.05. The molecule has 0 aromatic rings. The maximum absolute atomic E-state index is 11.5. The molecule has 0 saturated carbocycles. The summed E-state index contributed by atoms with van der Waals surface area (Å²) in [6.45, 7) is 1.72. The number of carbonyl (C=O) groups is 2. The molecule has 2 unspecified atom stereocenters. The van der Waals surface area contributed by atoms with E-state index in [1.54, 1.807) is 6.92 Å². The van der Waals surface area contributed by atoms with Crippen molar-refractivity contribution in [1.29, 1.82) is 0 Å². The van der Waals surface area contributed by atoms with E-state index in [1.165, 1.54) is 0 Å². The van der Waals surface area contributed by atoms with E-state index in [1.807, 2.05) is 0 Å². The van der Waals surface area contributed by atoms with Crippen LogP contribution >= 0.6 is 0 Å². The van der Waals surface area contributed by atoms with Gasteiger partial charge in [-0.25, -0.2) is 5.43 Å². The van der Waals surface area contributed by atoms with Crippen molar-refractivity contribution in [3.05, 3.63) is 0 Å². The van der Waals surface area contributed by atoms with Crippen LogP contribution in [0.3, 0.4) is 0 Å². The van der Waals surface area contributed by atoms with E-state index in [2.05, 4.69) is 15.8 Å². The summed E-state index contributed by atoms with van der Waals surface area (Å²) in [6, 6.07) is -0.511. The molecule has 0 aliphatic carbocycles. The Morgan fingerprint density at radius 3 is 2.88 bits per heavy atom. The van der Waals surface area contributed by atoms with Crippen LogP contribution < -0.4 is 16.5 Å². The summed E-state index contributed by atoms with van der Waals surface area (Å²) >= 11 is 0. The molecule has 2 amide bonds. The fraction of sp³-hybridized carbons (Fsp3) is 0.667. The number of aliphatic hydroxyl groups is 1. The summed E-state index contributed by atoms with van der Waals surface area (Å²) in [4.78, 5) is 22.3. The van der Waals surface area contributed by atoms with Crippen LogP contribution in [0, 0.1) is 0 Å². The fourth-order valence-electron chi connectivity index (χ4n) is 1.12. The summed E-state index contributed by atoms with van der Waals surface area (Å²) in [7, 11) is 0. The molecule has 1 aliphatic rings. The van der Waals surface area contributed by atoms with Crippen molar-refractivity contribution in [1.82, 2.24) is 10.7 Å². The minimum atomic E-state index is -0.687. The zero-order valence-corrected chi connectivity index (χ0v) is 9.06. The highest BCUT2D eigenvalue weighted by atomic mass is 16.3. The van der Waals surface area contributed by atoms with Crippen molar-refractivity contribution in [2.75, 3.05) is 6.54 Å². The SMILES string of the molecule is CC(O)C(N)CNC(=O)C1=NNC(=O)CC1. The van der Waals surface area contributed by atoms with E-state index in [-0.39, 0.29) is 30.5 Å². The van der Waals surface area contributed by atoms with Gasteiger partial charge in [-0.1, -0.05) is 0 Å². The van der Waals surface area contributed by atoms with E-state index in [9.17, 15) is 9.59 Å². The van der Waals surface area contributed by atoms with Gasteiger partial charge in [-0.2, -0.15) is 5.10 Å². The molecule has 0 fully saturated rings. The Kier molecular flexibility index (Phi) is 4.39. The number of rotatable bonds is 4. The quantitative estimate of drug-likeness (QED) is 0.448. The second-order valence-corrected chi connectivity index (χ2v) is 3.71. The second-order valence-electron chi connectivity index (χ2n) is 3.71. The lowest BCUT2D eigenvalue weighted by atomic mass is 10.1. The minimum absolute atomic E-state index is 0.170. The first-order valence-corrected chi connectivity index (χ1v) is 5.08. The van der Waals surface area contributed by atoms with Crippen LogP contribution in [0.15, 0.2) is 5.10 Å². The molecule has 0 spiro atoms. The normalized spacial score (nSPS) is 19.4. The van der Waals surface area contributed by atoms with Crippen LogP contribution in [0.1, 0.15) is 19.8 Å². The van der Waals surface area contributed by atoms with Crippen LogP contribution in [0.5, 0.6) is 0 Å². The maximum Gasteiger partial charge on any atom is 0.267 e. The van der Waals surface area contributed by atoms with Crippen molar-refractivity contribution < 1.29 is 14.7 Å². The molecule has 0 aromatic heterocycles. The molecule has 7 heteroatoms. The Balaban J connectivity index is 2.38. The van der Waals surface area contributed by atoms with Gasteiger partial charge in [-0.3, -0.25) is 9.59 Å². The summed E-state index contributed by atoms with van der Waals surface area (Å²) < 4.78 is 0. The van der Waals surface area contributed by atoms with Gasteiger partial charge in [0.25, 0.3) is 5.91 Å². The van der Waals surface area contributed by atoms with E-state index in [0.29, 0.717) is 6.42 Å². The monoisotopic (exact) mass is 228 g/mol. The van der Waals surface area contributed by atoms with Crippen LogP contribution in [0.4, 0.5) is 0 Å². The summed E-state index contributed by atoms with van der Waals surface area (Å²) in [5.74, 6) is -0.562. The largest absolute Gasteiger partial charge is 0.392 e. The smallest absolute Gasteiger partial charge is 0.267 e. The van der Waals surface area contributed by atoms with E-state index in [0.717, 1.165) is 0 Å². The third-order valence-electron chi connectivity index (χ3n) is 2.28. The molecule has 5 N–H and O–H groups in total. The van der Waals surface area contributed by atoms with Crippen molar-refractivity contribution >= 4 is 17.5 Å². The predicted molar refractivity (Wildman–Crippen MR) is 57.5 cm³/mol. The number of carbonyl (C=O) groups excluding carboxylic acids is 2. The Hall–Kier alpha value is -1.47. The van der Waals surface area contributed by atoms with E-state index < -0.39 is 12.1 Å². The molecule has 1 rings (SSSR count). The van der Waals surface area contributed by atoms with Crippen molar-refractivity contribution in [2.45, 2.75) is 31.9 Å². The molecule has 0 aromatic carbocycles. The van der Waals surface area contributed by atoms with Gasteiger partial charge in [-0.15, -0.1) is 0 Å². The van der Waals surface area contributed by atoms with Gasteiger partial charge in [0.1, 0.15) is 5.71 Å². The number of nitrogens with two attached hydrogens (primary N) is 1. The number of amides is 2. The first-order chi connectivity index (χ1) is 7.50. The third kappa shape index (κ3) is 3.59. The third-order valence-corrected chi connectivity index (χ3v) is 2.28. The van der Waals surface area contributed by atoms with Crippen LogP contribution in [-0.4, -0.2) is 41.3 Å². The molecule has 0 radical (unpaired) electrons. The van der Waals surface area contributed by atoms with Crippen molar-refractivity contribution in [3.63, 3.8) is 0 Å². The average Bonchev–Trinajstić information content (AvgIpc) is 2.26. The lowest BCUT2D eigenvalue weighted by Crippen LogP contribution is -2.46. The van der Waals surface area contributed by atoms with Crippen molar-refractivity contribution in [3.8, 4) is 0 Å². The Morgan fingerprint density at radius 2 is 2.38 bits per heavy atom. The van der Waals surface area contributed by atoms with Gasteiger partial charge in [0.2, 0.25) is 5.91 Å². The fourth-order valence-corrected chi connectivity index (χ4v) is 1.12. The highest BCUT2D eigenvalue weighted by molar-refractivity contribution is 6.39. The molecule has 90 valence electrons. The Bertz CT molecular complexity index is 314. The average molecular weight is 228 g/mol. The molecule has 7 nitrogen and oxygen atoms in total. The summed E-state index contributed by atoms with van der Waals surface area (Å²) in [6.07, 6.45) is -0.107. The number of hydrogen-bond donors (Lipinski definition) is 4. The van der Waals surface area contributed by atoms with E-state index >= 15 is 0 Å². The molecule has 1 aliphatic heterocycles. The molecule has 16 heavy (non-hydrogen) atoms. The highest BCUT2D eigenvalue weighted by Gasteiger charge is 2.19. The predicted octanol–water partition coefficient (Wildman–Crippen LogP) is -1.92. The minimum Gasteiger partial charge on any atom is -0.392 e. The zero-order chi connectivity index (χ0) is 12.1.